The predicted octanol–water partition coefficient (Wildman–Crippen LogP) is 5.60. The van der Waals surface area contributed by atoms with Gasteiger partial charge >= 0.3 is 0 Å². The molecule has 2 aliphatic rings. The number of benzene rings is 2. The largest absolute Gasteiger partial charge is 0.478 e. The number of rotatable bonds is 2. The summed E-state index contributed by atoms with van der Waals surface area (Å²) in [4.78, 5) is 2.52. The molecule has 0 spiro atoms. The average Bonchev–Trinajstić information content (AvgIpc) is 2.62. The van der Waals surface area contributed by atoms with Gasteiger partial charge in [-0.15, -0.1) is 0 Å². The summed E-state index contributed by atoms with van der Waals surface area (Å²) in [6.45, 7) is 1.76. The van der Waals surface area contributed by atoms with Crippen molar-refractivity contribution in [2.75, 3.05) is 6.73 Å². The van der Waals surface area contributed by atoms with Crippen LogP contribution >= 0.6 is 15.9 Å². The van der Waals surface area contributed by atoms with Crippen LogP contribution in [0.3, 0.4) is 0 Å². The Morgan fingerprint density at radius 1 is 0.913 bits per heavy atom. The molecule has 1 saturated carbocycles. The molecule has 2 aromatic carbocycles. The van der Waals surface area contributed by atoms with Crippen LogP contribution in [0.1, 0.15) is 37.7 Å². The molecule has 3 heteroatoms. The van der Waals surface area contributed by atoms with Crippen molar-refractivity contribution in [3.63, 3.8) is 0 Å². The molecule has 0 bridgehead atoms. The first-order valence-electron chi connectivity index (χ1n) is 8.55. The Kier molecular flexibility index (Phi) is 4.41. The third-order valence-corrected chi connectivity index (χ3v) is 5.62. The Bertz CT molecular complexity index is 677. The van der Waals surface area contributed by atoms with Crippen LogP contribution in [0, 0.1) is 0 Å². The van der Waals surface area contributed by atoms with Gasteiger partial charge in [0.05, 0.1) is 0 Å². The highest BCUT2D eigenvalue weighted by Crippen LogP contribution is 2.33. The van der Waals surface area contributed by atoms with E-state index in [4.69, 9.17) is 4.74 Å². The SMILES string of the molecule is Brc1ccc(-c2ccc3c(c2)CN(C2CCCCC2)CO3)cc1. The number of halogens is 1. The lowest BCUT2D eigenvalue weighted by Crippen LogP contribution is -2.41. The molecule has 1 fully saturated rings. The second-order valence-electron chi connectivity index (χ2n) is 6.64. The number of nitrogens with zero attached hydrogens (tertiary/aromatic N) is 1. The van der Waals surface area contributed by atoms with Crippen LogP contribution in [0.4, 0.5) is 0 Å². The molecule has 4 rings (SSSR count). The van der Waals surface area contributed by atoms with E-state index in [1.807, 2.05) is 0 Å². The van der Waals surface area contributed by atoms with E-state index in [1.165, 1.54) is 48.8 Å². The monoisotopic (exact) mass is 371 g/mol. The zero-order valence-electron chi connectivity index (χ0n) is 13.3. The molecule has 120 valence electrons. The van der Waals surface area contributed by atoms with Crippen LogP contribution in [-0.2, 0) is 6.54 Å². The molecule has 0 radical (unpaired) electrons. The van der Waals surface area contributed by atoms with Gasteiger partial charge in [0.25, 0.3) is 0 Å². The van der Waals surface area contributed by atoms with Crippen molar-refractivity contribution in [1.29, 1.82) is 0 Å². The molecule has 0 unspecified atom stereocenters. The average molecular weight is 372 g/mol. The van der Waals surface area contributed by atoms with Crippen molar-refractivity contribution < 1.29 is 4.74 Å². The smallest absolute Gasteiger partial charge is 0.142 e. The third kappa shape index (κ3) is 3.31. The first-order chi connectivity index (χ1) is 11.3. The molecule has 0 amide bonds. The quantitative estimate of drug-likeness (QED) is 0.680. The third-order valence-electron chi connectivity index (χ3n) is 5.09. The zero-order chi connectivity index (χ0) is 15.6. The fourth-order valence-electron chi connectivity index (χ4n) is 3.76. The van der Waals surface area contributed by atoms with Gasteiger partial charge in [-0.05, 0) is 48.2 Å². The van der Waals surface area contributed by atoms with E-state index >= 15 is 0 Å². The molecule has 23 heavy (non-hydrogen) atoms. The van der Waals surface area contributed by atoms with Gasteiger partial charge in [0, 0.05) is 22.6 Å². The zero-order valence-corrected chi connectivity index (χ0v) is 14.9. The first kappa shape index (κ1) is 15.2. The van der Waals surface area contributed by atoms with Gasteiger partial charge in [0.2, 0.25) is 0 Å². The maximum atomic E-state index is 6.02. The van der Waals surface area contributed by atoms with E-state index in [0.29, 0.717) is 6.04 Å². The standard InChI is InChI=1S/C20H22BrNO/c21-18-9-6-15(7-10-18)16-8-11-20-17(12-16)13-22(14-23-20)19-4-2-1-3-5-19/h6-12,19H,1-5,13-14H2. The summed E-state index contributed by atoms with van der Waals surface area (Å²) in [7, 11) is 0. The molecule has 0 saturated heterocycles. The lowest BCUT2D eigenvalue weighted by molar-refractivity contribution is 0.0404. The van der Waals surface area contributed by atoms with Crippen LogP contribution in [-0.4, -0.2) is 17.7 Å². The van der Waals surface area contributed by atoms with Crippen LogP contribution in [0.25, 0.3) is 11.1 Å². The van der Waals surface area contributed by atoms with Crippen LogP contribution < -0.4 is 4.74 Å². The molecule has 0 aromatic heterocycles. The highest BCUT2D eigenvalue weighted by atomic mass is 79.9. The Balaban J connectivity index is 1.57. The van der Waals surface area contributed by atoms with E-state index in [9.17, 15) is 0 Å². The Morgan fingerprint density at radius 2 is 1.65 bits per heavy atom. The van der Waals surface area contributed by atoms with Crippen LogP contribution in [0.15, 0.2) is 46.9 Å². The van der Waals surface area contributed by atoms with Crippen molar-refractivity contribution in [2.24, 2.45) is 0 Å². The second-order valence-corrected chi connectivity index (χ2v) is 7.56. The van der Waals surface area contributed by atoms with Crippen molar-refractivity contribution in [3.8, 4) is 16.9 Å². The van der Waals surface area contributed by atoms with Crippen molar-refractivity contribution in [2.45, 2.75) is 44.7 Å². The van der Waals surface area contributed by atoms with Crippen LogP contribution in [0.5, 0.6) is 5.75 Å². The highest BCUT2D eigenvalue weighted by molar-refractivity contribution is 9.10. The molecule has 2 aromatic rings. The number of fused-ring (bicyclic) bond motifs is 1. The number of hydrogen-bond acceptors (Lipinski definition) is 2. The summed E-state index contributed by atoms with van der Waals surface area (Å²) in [5, 5.41) is 0. The normalized spacial score (nSPS) is 19.2. The summed E-state index contributed by atoms with van der Waals surface area (Å²) >= 11 is 3.50. The molecule has 1 heterocycles. The molecule has 0 N–H and O–H groups in total. The molecule has 1 aliphatic carbocycles. The molecule has 0 atom stereocenters. The van der Waals surface area contributed by atoms with Gasteiger partial charge in [-0.1, -0.05) is 53.4 Å². The molecular formula is C20H22BrNO. The van der Waals surface area contributed by atoms with Gasteiger partial charge in [-0.25, -0.2) is 0 Å². The minimum absolute atomic E-state index is 0.702. The minimum Gasteiger partial charge on any atom is -0.478 e. The van der Waals surface area contributed by atoms with Gasteiger partial charge < -0.3 is 4.74 Å². The second kappa shape index (κ2) is 6.66. The fraction of sp³-hybridized carbons (Fsp3) is 0.400. The van der Waals surface area contributed by atoms with E-state index in [1.54, 1.807) is 0 Å². The Morgan fingerprint density at radius 3 is 2.43 bits per heavy atom. The maximum absolute atomic E-state index is 6.02. The van der Waals surface area contributed by atoms with Gasteiger partial charge in [0.1, 0.15) is 12.5 Å². The summed E-state index contributed by atoms with van der Waals surface area (Å²) in [5.41, 5.74) is 3.85. The Labute approximate surface area is 146 Å². The number of hydrogen-bond donors (Lipinski definition) is 0. The molecule has 2 nitrogen and oxygen atoms in total. The topological polar surface area (TPSA) is 12.5 Å². The maximum Gasteiger partial charge on any atom is 0.142 e. The van der Waals surface area contributed by atoms with E-state index in [-0.39, 0.29) is 0 Å². The van der Waals surface area contributed by atoms with Crippen molar-refractivity contribution >= 4 is 15.9 Å². The van der Waals surface area contributed by atoms with Gasteiger partial charge in [-0.3, -0.25) is 4.90 Å². The Hall–Kier alpha value is -1.32. The highest BCUT2D eigenvalue weighted by Gasteiger charge is 2.26. The summed E-state index contributed by atoms with van der Waals surface area (Å²) in [5.74, 6) is 1.05. The summed E-state index contributed by atoms with van der Waals surface area (Å²) in [6, 6.07) is 15.8. The minimum atomic E-state index is 0.702. The molecule has 1 aliphatic heterocycles. The van der Waals surface area contributed by atoms with Gasteiger partial charge in [0.15, 0.2) is 0 Å². The fourth-order valence-corrected chi connectivity index (χ4v) is 4.03. The first-order valence-corrected chi connectivity index (χ1v) is 9.34. The number of ether oxygens (including phenoxy) is 1. The summed E-state index contributed by atoms with van der Waals surface area (Å²) in [6.07, 6.45) is 6.78. The van der Waals surface area contributed by atoms with E-state index in [0.717, 1.165) is 23.5 Å². The lowest BCUT2D eigenvalue weighted by Gasteiger charge is -2.37. The van der Waals surface area contributed by atoms with E-state index < -0.39 is 0 Å². The van der Waals surface area contributed by atoms with Crippen LogP contribution in [0.2, 0.25) is 0 Å². The van der Waals surface area contributed by atoms with Gasteiger partial charge in [-0.2, -0.15) is 0 Å². The summed E-state index contributed by atoms with van der Waals surface area (Å²) < 4.78 is 7.13. The van der Waals surface area contributed by atoms with Crippen molar-refractivity contribution in [1.82, 2.24) is 4.90 Å². The lowest BCUT2D eigenvalue weighted by atomic mass is 9.93. The predicted molar refractivity (Wildman–Crippen MR) is 97.5 cm³/mol. The van der Waals surface area contributed by atoms with Crippen molar-refractivity contribution in [3.05, 3.63) is 52.5 Å². The van der Waals surface area contributed by atoms with E-state index in [2.05, 4.69) is 63.3 Å². The molecular weight excluding hydrogens is 350 g/mol.